The molecule has 8 nitrogen and oxygen atoms in total. The normalized spacial score (nSPS) is 10.8. The topological polar surface area (TPSA) is 146 Å². The molecule has 0 aliphatic carbocycles. The van der Waals surface area contributed by atoms with E-state index in [1.165, 1.54) is 24.3 Å². The maximum absolute atomic E-state index is 11.6. The minimum Gasteiger partial charge on any atom is -0.478 e. The Kier molecular flexibility index (Phi) is 5.22. The van der Waals surface area contributed by atoms with Gasteiger partial charge in [-0.1, -0.05) is 17.7 Å². The number of furan rings is 1. The van der Waals surface area contributed by atoms with E-state index in [4.69, 9.17) is 32.1 Å². The molecule has 0 spiro atoms. The summed E-state index contributed by atoms with van der Waals surface area (Å²) in [5.74, 6) is -1.59. The number of hydrogen-bond donors (Lipinski definition) is 3. The molecule has 0 aliphatic heterocycles. The molecule has 25 heavy (non-hydrogen) atoms. The zero-order chi connectivity index (χ0) is 18.6. The second-order valence-electron chi connectivity index (χ2n) is 4.69. The number of nitrogens with zero attached hydrogens (tertiary/aromatic N) is 1. The Hall–Kier alpha value is -3.57. The molecular weight excluding hydrogens is 350 g/mol. The van der Waals surface area contributed by atoms with Crippen LogP contribution in [0.1, 0.15) is 16.1 Å². The van der Waals surface area contributed by atoms with E-state index in [0.29, 0.717) is 11.3 Å². The number of carbonyl (C=O) groups is 3. The van der Waals surface area contributed by atoms with Gasteiger partial charge in [0.15, 0.2) is 0 Å². The molecule has 0 atom stereocenters. The molecule has 0 unspecified atom stereocenters. The summed E-state index contributed by atoms with van der Waals surface area (Å²) in [7, 11) is 0. The lowest BCUT2D eigenvalue weighted by Crippen LogP contribution is -2.35. The maximum Gasteiger partial charge on any atom is 0.337 e. The van der Waals surface area contributed by atoms with Crippen molar-refractivity contribution in [1.29, 1.82) is 5.26 Å². The molecule has 1 heterocycles. The number of carboxylic acids is 1. The zero-order valence-electron chi connectivity index (χ0n) is 12.4. The highest BCUT2D eigenvalue weighted by atomic mass is 35.5. The first-order valence-electron chi connectivity index (χ1n) is 6.67. The number of benzene rings is 1. The van der Waals surface area contributed by atoms with Crippen LogP contribution in [0.5, 0.6) is 0 Å². The summed E-state index contributed by atoms with van der Waals surface area (Å²) in [6, 6.07) is 7.85. The van der Waals surface area contributed by atoms with Crippen LogP contribution in [0.2, 0.25) is 5.02 Å². The number of halogens is 1. The molecule has 0 bridgehead atoms. The number of amides is 3. The van der Waals surface area contributed by atoms with Crippen LogP contribution in [0.15, 0.2) is 40.3 Å². The monoisotopic (exact) mass is 359 g/mol. The number of nitrogens with one attached hydrogen (secondary N) is 1. The largest absolute Gasteiger partial charge is 0.478 e. The van der Waals surface area contributed by atoms with E-state index in [2.05, 4.69) is 0 Å². The fraction of sp³-hybridized carbons (Fsp3) is 0. The summed E-state index contributed by atoms with van der Waals surface area (Å²) in [6.07, 6.45) is 1.13. The summed E-state index contributed by atoms with van der Waals surface area (Å²) in [5.41, 5.74) is 4.91. The zero-order valence-corrected chi connectivity index (χ0v) is 13.2. The summed E-state index contributed by atoms with van der Waals surface area (Å²) < 4.78 is 5.48. The number of carboxylic acid groups (broad SMARTS) is 1. The lowest BCUT2D eigenvalue weighted by molar-refractivity contribution is -0.116. The second kappa shape index (κ2) is 7.33. The van der Waals surface area contributed by atoms with Crippen LogP contribution >= 0.6 is 11.6 Å². The number of imide groups is 1. The standard InChI is InChI=1S/C16H10ClN3O5/c17-12-6-8(1-3-11(12)15(22)23)13-4-2-10(25-13)5-9(7-18)14(21)20-16(19)24/h1-6H,(H,22,23)(H3,19,20,21,24)/b9-5-. The SMILES string of the molecule is N#C/C(=C/c1ccc(-c2ccc(C(=O)O)c(Cl)c2)o1)C(=O)NC(N)=O. The Balaban J connectivity index is 2.31. The van der Waals surface area contributed by atoms with E-state index in [0.717, 1.165) is 6.08 Å². The van der Waals surface area contributed by atoms with Crippen molar-refractivity contribution in [1.82, 2.24) is 5.32 Å². The minimum atomic E-state index is -1.15. The van der Waals surface area contributed by atoms with Crippen molar-refractivity contribution < 1.29 is 23.9 Å². The average Bonchev–Trinajstić information content (AvgIpc) is 3.00. The lowest BCUT2D eigenvalue weighted by Gasteiger charge is -2.01. The third kappa shape index (κ3) is 4.25. The van der Waals surface area contributed by atoms with Crippen molar-refractivity contribution in [3.63, 3.8) is 0 Å². The van der Waals surface area contributed by atoms with Crippen LogP contribution in [-0.2, 0) is 4.79 Å². The van der Waals surface area contributed by atoms with Gasteiger partial charge in [-0.2, -0.15) is 5.26 Å². The molecule has 0 fully saturated rings. The molecule has 126 valence electrons. The van der Waals surface area contributed by atoms with Crippen LogP contribution in [0.4, 0.5) is 4.79 Å². The highest BCUT2D eigenvalue weighted by Gasteiger charge is 2.14. The van der Waals surface area contributed by atoms with Gasteiger partial charge in [0.1, 0.15) is 23.2 Å². The quantitative estimate of drug-likeness (QED) is 0.564. The lowest BCUT2D eigenvalue weighted by atomic mass is 10.1. The third-order valence-electron chi connectivity index (χ3n) is 3.00. The second-order valence-corrected chi connectivity index (χ2v) is 5.10. The van der Waals surface area contributed by atoms with Gasteiger partial charge in [-0.25, -0.2) is 9.59 Å². The predicted octanol–water partition coefficient (Wildman–Crippen LogP) is 2.40. The molecule has 0 saturated heterocycles. The number of urea groups is 1. The van der Waals surface area contributed by atoms with Crippen LogP contribution < -0.4 is 11.1 Å². The molecule has 2 rings (SSSR count). The summed E-state index contributed by atoms with van der Waals surface area (Å²) in [6.45, 7) is 0. The Bertz CT molecular complexity index is 939. The highest BCUT2D eigenvalue weighted by molar-refractivity contribution is 6.33. The van der Waals surface area contributed by atoms with Gasteiger partial charge in [-0.15, -0.1) is 0 Å². The van der Waals surface area contributed by atoms with E-state index in [1.54, 1.807) is 17.5 Å². The van der Waals surface area contributed by atoms with Gasteiger partial charge in [0.2, 0.25) is 0 Å². The summed E-state index contributed by atoms with van der Waals surface area (Å²) >= 11 is 5.90. The fourth-order valence-corrected chi connectivity index (χ4v) is 2.16. The molecule has 2 aromatic rings. The van der Waals surface area contributed by atoms with E-state index < -0.39 is 17.9 Å². The number of nitrogens with two attached hydrogens (primary N) is 1. The molecule has 0 saturated carbocycles. The third-order valence-corrected chi connectivity index (χ3v) is 3.31. The van der Waals surface area contributed by atoms with Gasteiger partial charge in [0.05, 0.1) is 10.6 Å². The van der Waals surface area contributed by atoms with Crippen molar-refractivity contribution in [2.45, 2.75) is 0 Å². The van der Waals surface area contributed by atoms with Crippen LogP contribution in [0.3, 0.4) is 0 Å². The fourth-order valence-electron chi connectivity index (χ4n) is 1.90. The maximum atomic E-state index is 11.6. The molecule has 3 amide bonds. The summed E-state index contributed by atoms with van der Waals surface area (Å²) in [4.78, 5) is 33.2. The van der Waals surface area contributed by atoms with Gasteiger partial charge >= 0.3 is 12.0 Å². The van der Waals surface area contributed by atoms with Crippen molar-refractivity contribution in [2.75, 3.05) is 0 Å². The van der Waals surface area contributed by atoms with Gasteiger partial charge < -0.3 is 15.3 Å². The minimum absolute atomic E-state index is 0.0389. The number of aromatic carboxylic acids is 1. The first-order chi connectivity index (χ1) is 11.8. The molecule has 4 N–H and O–H groups in total. The predicted molar refractivity (Wildman–Crippen MR) is 87.4 cm³/mol. The summed E-state index contributed by atoms with van der Waals surface area (Å²) in [5, 5.41) is 19.7. The molecule has 1 aromatic heterocycles. The first-order valence-corrected chi connectivity index (χ1v) is 7.05. The van der Waals surface area contributed by atoms with E-state index >= 15 is 0 Å². The highest BCUT2D eigenvalue weighted by Crippen LogP contribution is 2.28. The Labute approximate surface area is 146 Å². The van der Waals surface area contributed by atoms with Gasteiger partial charge in [-0.3, -0.25) is 10.1 Å². The molecule has 0 aliphatic rings. The number of primary amides is 1. The van der Waals surface area contributed by atoms with Gasteiger partial charge in [-0.05, 0) is 24.3 Å². The number of carbonyl (C=O) groups excluding carboxylic acids is 2. The smallest absolute Gasteiger partial charge is 0.337 e. The number of rotatable bonds is 4. The number of nitriles is 1. The van der Waals surface area contributed by atoms with E-state index in [-0.39, 0.29) is 21.9 Å². The number of hydrogen-bond acceptors (Lipinski definition) is 5. The Morgan fingerprint density at radius 3 is 2.56 bits per heavy atom. The van der Waals surface area contributed by atoms with Crippen LogP contribution in [0.25, 0.3) is 17.4 Å². The average molecular weight is 360 g/mol. The molecule has 1 aromatic carbocycles. The first kappa shape index (κ1) is 17.8. The molecule has 9 heteroatoms. The Morgan fingerprint density at radius 2 is 2.00 bits per heavy atom. The van der Waals surface area contributed by atoms with E-state index in [1.807, 2.05) is 0 Å². The van der Waals surface area contributed by atoms with Crippen molar-refractivity contribution in [3.05, 3.63) is 52.3 Å². The van der Waals surface area contributed by atoms with Crippen LogP contribution in [0, 0.1) is 11.3 Å². The molecular formula is C16H10ClN3O5. The van der Waals surface area contributed by atoms with Crippen LogP contribution in [-0.4, -0.2) is 23.0 Å². The van der Waals surface area contributed by atoms with Crippen molar-refractivity contribution in [2.24, 2.45) is 5.73 Å². The van der Waals surface area contributed by atoms with Gasteiger partial charge in [0.25, 0.3) is 5.91 Å². The Morgan fingerprint density at radius 1 is 1.28 bits per heavy atom. The molecule has 0 radical (unpaired) electrons. The van der Waals surface area contributed by atoms with Crippen molar-refractivity contribution in [3.8, 4) is 17.4 Å². The van der Waals surface area contributed by atoms with Gasteiger partial charge in [0, 0.05) is 11.6 Å². The van der Waals surface area contributed by atoms with E-state index in [9.17, 15) is 14.4 Å². The van der Waals surface area contributed by atoms with Crippen molar-refractivity contribution >= 4 is 35.6 Å².